The Kier molecular flexibility index (Phi) is 5.51. The number of esters is 1. The van der Waals surface area contributed by atoms with Gasteiger partial charge in [-0.05, 0) is 17.7 Å². The van der Waals surface area contributed by atoms with Crippen molar-refractivity contribution in [3.05, 3.63) is 34.9 Å². The number of methoxy groups -OCH3 is 1. The van der Waals surface area contributed by atoms with Crippen molar-refractivity contribution in [2.45, 2.75) is 13.0 Å². The summed E-state index contributed by atoms with van der Waals surface area (Å²) in [4.78, 5) is 35.2. The van der Waals surface area contributed by atoms with Crippen LogP contribution in [0.15, 0.2) is 24.3 Å². The third kappa shape index (κ3) is 4.71. The third-order valence-corrected chi connectivity index (χ3v) is 2.74. The molecule has 0 bridgehead atoms. The maximum absolute atomic E-state index is 11.7. The smallest absolute Gasteiger partial charge is 0.374 e. The van der Waals surface area contributed by atoms with E-state index in [1.165, 1.54) is 4.90 Å². The van der Waals surface area contributed by atoms with Gasteiger partial charge in [0.1, 0.15) is 0 Å². The molecule has 1 rings (SSSR count). The lowest BCUT2D eigenvalue weighted by Gasteiger charge is -2.16. The maximum Gasteiger partial charge on any atom is 0.374 e. The molecule has 0 N–H and O–H groups in total. The van der Waals surface area contributed by atoms with Crippen LogP contribution in [0.1, 0.15) is 12.0 Å². The molecule has 19 heavy (non-hydrogen) atoms. The summed E-state index contributed by atoms with van der Waals surface area (Å²) < 4.78 is 4.25. The van der Waals surface area contributed by atoms with Crippen molar-refractivity contribution >= 4 is 29.3 Å². The second kappa shape index (κ2) is 6.89. The lowest BCUT2D eigenvalue weighted by Crippen LogP contribution is -2.30. The average Bonchev–Trinajstić information content (AvgIpc) is 2.40. The van der Waals surface area contributed by atoms with Crippen molar-refractivity contribution in [2.75, 3.05) is 14.2 Å². The van der Waals surface area contributed by atoms with Gasteiger partial charge >= 0.3 is 5.97 Å². The van der Waals surface area contributed by atoms with Gasteiger partial charge in [0.15, 0.2) is 0 Å². The number of nitrogens with zero attached hydrogens (tertiary/aromatic N) is 1. The molecule has 5 nitrogen and oxygen atoms in total. The third-order valence-electron chi connectivity index (χ3n) is 2.48. The molecule has 1 amide bonds. The van der Waals surface area contributed by atoms with Crippen LogP contribution >= 0.6 is 11.6 Å². The number of Topliss-reactive ketones (excluding diaryl/α,β-unsaturated/α-hetero) is 1. The zero-order valence-corrected chi connectivity index (χ0v) is 11.4. The first-order chi connectivity index (χ1) is 8.93. The number of carbonyl (C=O) groups is 3. The molecule has 0 aliphatic rings. The highest BCUT2D eigenvalue weighted by atomic mass is 35.5. The van der Waals surface area contributed by atoms with E-state index in [-0.39, 0.29) is 0 Å². The van der Waals surface area contributed by atoms with E-state index in [0.717, 1.165) is 12.7 Å². The van der Waals surface area contributed by atoms with Crippen molar-refractivity contribution in [1.29, 1.82) is 0 Å². The fourth-order valence-electron chi connectivity index (χ4n) is 1.41. The first kappa shape index (κ1) is 15.2. The number of halogens is 1. The second-order valence-electron chi connectivity index (χ2n) is 3.97. The van der Waals surface area contributed by atoms with E-state index in [1.54, 1.807) is 31.3 Å². The van der Waals surface area contributed by atoms with Crippen molar-refractivity contribution in [3.63, 3.8) is 0 Å². The lowest BCUT2D eigenvalue weighted by molar-refractivity contribution is -0.153. The van der Waals surface area contributed by atoms with E-state index in [2.05, 4.69) is 4.74 Å². The zero-order chi connectivity index (χ0) is 14.4. The van der Waals surface area contributed by atoms with Gasteiger partial charge in [0.2, 0.25) is 11.7 Å². The Labute approximate surface area is 116 Å². The highest BCUT2D eigenvalue weighted by molar-refractivity contribution is 6.36. The quantitative estimate of drug-likeness (QED) is 0.466. The first-order valence-electron chi connectivity index (χ1n) is 5.53. The normalized spacial score (nSPS) is 9.84. The van der Waals surface area contributed by atoms with Crippen molar-refractivity contribution in [1.82, 2.24) is 4.90 Å². The molecule has 0 unspecified atom stereocenters. The molecule has 0 heterocycles. The number of ketones is 1. The van der Waals surface area contributed by atoms with Gasteiger partial charge in [-0.25, -0.2) is 4.79 Å². The van der Waals surface area contributed by atoms with Crippen LogP contribution < -0.4 is 0 Å². The van der Waals surface area contributed by atoms with Crippen LogP contribution in [0.2, 0.25) is 5.02 Å². The summed E-state index contributed by atoms with van der Waals surface area (Å²) in [5.41, 5.74) is 0.880. The van der Waals surface area contributed by atoms with Gasteiger partial charge in [-0.1, -0.05) is 23.7 Å². The summed E-state index contributed by atoms with van der Waals surface area (Å²) in [6, 6.07) is 7.01. The number of amides is 1. The summed E-state index contributed by atoms with van der Waals surface area (Å²) >= 11 is 5.75. The molecule has 0 aliphatic carbocycles. The minimum absolute atomic E-state index is 0.338. The zero-order valence-electron chi connectivity index (χ0n) is 10.7. The van der Waals surface area contributed by atoms with E-state index in [9.17, 15) is 14.4 Å². The van der Waals surface area contributed by atoms with Gasteiger partial charge in [-0.2, -0.15) is 0 Å². The predicted octanol–water partition coefficient (Wildman–Crippen LogP) is 1.43. The van der Waals surface area contributed by atoms with E-state index in [0.29, 0.717) is 11.6 Å². The first-order valence-corrected chi connectivity index (χ1v) is 5.91. The predicted molar refractivity (Wildman–Crippen MR) is 69.6 cm³/mol. The average molecular weight is 284 g/mol. The molecule has 0 radical (unpaired) electrons. The van der Waals surface area contributed by atoms with Crippen LogP contribution in [0.5, 0.6) is 0 Å². The van der Waals surface area contributed by atoms with Crippen molar-refractivity contribution < 1.29 is 19.1 Å². The summed E-state index contributed by atoms with van der Waals surface area (Å²) in [5, 5.41) is 0.610. The summed E-state index contributed by atoms with van der Waals surface area (Å²) in [6.07, 6.45) is -0.489. The molecular formula is C13H14ClNO4. The topological polar surface area (TPSA) is 63.7 Å². The van der Waals surface area contributed by atoms with Crippen LogP contribution in [-0.2, 0) is 25.7 Å². The number of hydrogen-bond donors (Lipinski definition) is 0. The van der Waals surface area contributed by atoms with Crippen LogP contribution in [0, 0.1) is 0 Å². The minimum Gasteiger partial charge on any atom is -0.463 e. The van der Waals surface area contributed by atoms with Gasteiger partial charge in [0.25, 0.3) is 0 Å². The SMILES string of the molecule is COC(=O)C(=O)CC(=O)N(C)Cc1ccc(Cl)cc1. The summed E-state index contributed by atoms with van der Waals surface area (Å²) in [5.74, 6) is -2.30. The lowest BCUT2D eigenvalue weighted by atomic mass is 10.2. The van der Waals surface area contributed by atoms with Gasteiger partial charge in [0, 0.05) is 18.6 Å². The Morgan fingerprint density at radius 1 is 1.21 bits per heavy atom. The molecule has 0 saturated carbocycles. The Hall–Kier alpha value is -1.88. The number of hydrogen-bond acceptors (Lipinski definition) is 4. The molecular weight excluding hydrogens is 270 g/mol. The number of rotatable bonds is 5. The molecule has 0 fully saturated rings. The Morgan fingerprint density at radius 2 is 1.79 bits per heavy atom. The second-order valence-corrected chi connectivity index (χ2v) is 4.40. The molecule has 102 valence electrons. The number of carbonyl (C=O) groups excluding carboxylic acids is 3. The molecule has 1 aromatic carbocycles. The summed E-state index contributed by atoms with van der Waals surface area (Å²) in [7, 11) is 2.66. The Bertz CT molecular complexity index is 484. The molecule has 0 aromatic heterocycles. The number of benzene rings is 1. The van der Waals surface area contributed by atoms with Gasteiger partial charge in [-0.3, -0.25) is 9.59 Å². The van der Waals surface area contributed by atoms with Crippen molar-refractivity contribution in [3.8, 4) is 0 Å². The van der Waals surface area contributed by atoms with Gasteiger partial charge in [-0.15, -0.1) is 0 Å². The monoisotopic (exact) mass is 283 g/mol. The highest BCUT2D eigenvalue weighted by Gasteiger charge is 2.20. The molecule has 0 atom stereocenters. The molecule has 0 saturated heterocycles. The molecule has 1 aromatic rings. The van der Waals surface area contributed by atoms with E-state index < -0.39 is 24.1 Å². The van der Waals surface area contributed by atoms with Crippen molar-refractivity contribution in [2.24, 2.45) is 0 Å². The standard InChI is InChI=1S/C13H14ClNO4/c1-15(8-9-3-5-10(14)6-4-9)12(17)7-11(16)13(18)19-2/h3-6H,7-8H2,1-2H3. The molecule has 0 spiro atoms. The molecule has 0 aliphatic heterocycles. The molecule has 6 heteroatoms. The van der Waals surface area contributed by atoms with Crippen LogP contribution in [0.3, 0.4) is 0 Å². The fourth-order valence-corrected chi connectivity index (χ4v) is 1.54. The number of ether oxygens (including phenoxy) is 1. The van der Waals surface area contributed by atoms with E-state index >= 15 is 0 Å². The Morgan fingerprint density at radius 3 is 2.32 bits per heavy atom. The van der Waals surface area contributed by atoms with E-state index in [1.807, 2.05) is 0 Å². The van der Waals surface area contributed by atoms with Crippen LogP contribution in [0.25, 0.3) is 0 Å². The van der Waals surface area contributed by atoms with Gasteiger partial charge < -0.3 is 9.64 Å². The maximum atomic E-state index is 11.7. The van der Waals surface area contributed by atoms with Crippen LogP contribution in [0.4, 0.5) is 0 Å². The van der Waals surface area contributed by atoms with Gasteiger partial charge in [0.05, 0.1) is 13.5 Å². The van der Waals surface area contributed by atoms with E-state index in [4.69, 9.17) is 11.6 Å². The fraction of sp³-hybridized carbons (Fsp3) is 0.308. The summed E-state index contributed by atoms with van der Waals surface area (Å²) in [6.45, 7) is 0.338. The highest BCUT2D eigenvalue weighted by Crippen LogP contribution is 2.11. The largest absolute Gasteiger partial charge is 0.463 e. The Balaban J connectivity index is 2.55. The van der Waals surface area contributed by atoms with Crippen LogP contribution in [-0.4, -0.2) is 36.7 Å². The minimum atomic E-state index is -1.01.